The Morgan fingerprint density at radius 2 is 2.25 bits per heavy atom. The van der Waals surface area contributed by atoms with Gasteiger partial charge in [-0.2, -0.15) is 0 Å². The molecule has 0 spiro atoms. The molecule has 3 rings (SSSR count). The van der Waals surface area contributed by atoms with Gasteiger partial charge in [0.25, 0.3) is 0 Å². The van der Waals surface area contributed by atoms with Crippen LogP contribution in [0.15, 0.2) is 29.4 Å². The van der Waals surface area contributed by atoms with Crippen molar-refractivity contribution in [2.45, 2.75) is 45.2 Å². The minimum Gasteiger partial charge on any atom is -0.370 e. The molecule has 2 aromatic rings. The number of guanidine groups is 1. The number of nitrogens with one attached hydrogen (secondary N) is 1. The van der Waals surface area contributed by atoms with Gasteiger partial charge in [0, 0.05) is 17.9 Å². The van der Waals surface area contributed by atoms with Crippen LogP contribution in [0.3, 0.4) is 0 Å². The molecule has 5 heteroatoms. The first-order chi connectivity index (χ1) is 9.72. The van der Waals surface area contributed by atoms with Crippen LogP contribution in [0.4, 0.5) is 0 Å². The molecule has 3 N–H and O–H groups in total. The Bertz CT molecular complexity index is 622. The third-order valence-corrected chi connectivity index (χ3v) is 3.86. The van der Waals surface area contributed by atoms with Crippen molar-refractivity contribution in [3.63, 3.8) is 0 Å². The lowest BCUT2D eigenvalue weighted by Gasteiger charge is -2.11. The van der Waals surface area contributed by atoms with Gasteiger partial charge in [-0.25, -0.2) is 9.98 Å². The summed E-state index contributed by atoms with van der Waals surface area (Å²) in [5.74, 6) is 0.533. The van der Waals surface area contributed by atoms with Crippen molar-refractivity contribution in [1.82, 2.24) is 14.7 Å². The molecule has 0 aliphatic heterocycles. The van der Waals surface area contributed by atoms with Crippen LogP contribution >= 0.6 is 0 Å². The zero-order valence-corrected chi connectivity index (χ0v) is 11.8. The summed E-state index contributed by atoms with van der Waals surface area (Å²) in [5.41, 5.74) is 8.99. The average molecular weight is 271 g/mol. The van der Waals surface area contributed by atoms with Crippen molar-refractivity contribution in [3.05, 3.63) is 35.8 Å². The van der Waals surface area contributed by atoms with E-state index in [-0.39, 0.29) is 0 Å². The highest BCUT2D eigenvalue weighted by Gasteiger charge is 2.14. The second-order valence-corrected chi connectivity index (χ2v) is 5.45. The van der Waals surface area contributed by atoms with E-state index in [9.17, 15) is 0 Å². The van der Waals surface area contributed by atoms with E-state index < -0.39 is 0 Å². The maximum absolute atomic E-state index is 5.93. The molecule has 1 aliphatic rings. The Balaban J connectivity index is 1.68. The summed E-state index contributed by atoms with van der Waals surface area (Å²) in [6, 6.07) is 6.58. The number of nitrogens with zero attached hydrogens (tertiary/aromatic N) is 3. The van der Waals surface area contributed by atoms with Crippen LogP contribution in [-0.4, -0.2) is 21.4 Å². The van der Waals surface area contributed by atoms with Crippen LogP contribution in [0.5, 0.6) is 0 Å². The molecule has 0 bridgehead atoms. The van der Waals surface area contributed by atoms with Crippen molar-refractivity contribution in [1.29, 1.82) is 0 Å². The van der Waals surface area contributed by atoms with E-state index in [1.54, 1.807) is 0 Å². The van der Waals surface area contributed by atoms with E-state index in [4.69, 9.17) is 5.73 Å². The Hall–Kier alpha value is -2.04. The Morgan fingerprint density at radius 3 is 3.00 bits per heavy atom. The molecule has 0 unspecified atom stereocenters. The van der Waals surface area contributed by atoms with E-state index in [1.165, 1.54) is 31.4 Å². The second kappa shape index (κ2) is 5.53. The van der Waals surface area contributed by atoms with Gasteiger partial charge < -0.3 is 15.5 Å². The monoisotopic (exact) mass is 271 g/mol. The van der Waals surface area contributed by atoms with Crippen LogP contribution in [0, 0.1) is 6.92 Å². The van der Waals surface area contributed by atoms with Crippen molar-refractivity contribution < 1.29 is 0 Å². The Morgan fingerprint density at radius 1 is 1.45 bits per heavy atom. The first kappa shape index (κ1) is 13.0. The van der Waals surface area contributed by atoms with Crippen molar-refractivity contribution >= 4 is 11.6 Å². The largest absolute Gasteiger partial charge is 0.370 e. The lowest BCUT2D eigenvalue weighted by Crippen LogP contribution is -2.38. The van der Waals surface area contributed by atoms with Gasteiger partial charge >= 0.3 is 0 Å². The molecule has 1 fully saturated rings. The van der Waals surface area contributed by atoms with Gasteiger partial charge in [-0.05, 0) is 31.9 Å². The zero-order chi connectivity index (χ0) is 13.9. The number of aromatic nitrogens is 2. The first-order valence-electron chi connectivity index (χ1n) is 7.22. The number of hydrogen-bond acceptors (Lipinski definition) is 2. The minimum atomic E-state index is 0.502. The number of fused-ring (bicyclic) bond motifs is 1. The number of aliphatic imine (C=N–C) groups is 1. The molecule has 5 nitrogen and oxygen atoms in total. The molecule has 20 heavy (non-hydrogen) atoms. The highest BCUT2D eigenvalue weighted by atomic mass is 15.1. The van der Waals surface area contributed by atoms with Gasteiger partial charge in [0.05, 0.1) is 12.2 Å². The van der Waals surface area contributed by atoms with E-state index in [0.29, 0.717) is 18.5 Å². The second-order valence-electron chi connectivity index (χ2n) is 5.45. The van der Waals surface area contributed by atoms with Crippen molar-refractivity contribution in [2.75, 3.05) is 0 Å². The van der Waals surface area contributed by atoms with Gasteiger partial charge in [0.15, 0.2) is 5.96 Å². The smallest absolute Gasteiger partial charge is 0.189 e. The topological polar surface area (TPSA) is 67.7 Å². The molecule has 0 atom stereocenters. The van der Waals surface area contributed by atoms with Gasteiger partial charge in [0.1, 0.15) is 5.65 Å². The summed E-state index contributed by atoms with van der Waals surface area (Å²) in [7, 11) is 0. The number of pyridine rings is 1. The molecule has 106 valence electrons. The van der Waals surface area contributed by atoms with Crippen molar-refractivity contribution in [2.24, 2.45) is 10.7 Å². The number of hydrogen-bond donors (Lipinski definition) is 2. The lowest BCUT2D eigenvalue weighted by molar-refractivity contribution is 0.625. The maximum atomic E-state index is 5.93. The van der Waals surface area contributed by atoms with E-state index in [0.717, 1.165) is 11.3 Å². The molecule has 2 heterocycles. The highest BCUT2D eigenvalue weighted by Crippen LogP contribution is 2.17. The normalized spacial score (nSPS) is 16.9. The Labute approximate surface area is 118 Å². The third-order valence-electron chi connectivity index (χ3n) is 3.86. The van der Waals surface area contributed by atoms with Gasteiger partial charge in [-0.1, -0.05) is 18.9 Å². The summed E-state index contributed by atoms with van der Waals surface area (Å²) in [6.45, 7) is 2.59. The molecule has 0 radical (unpaired) electrons. The number of nitrogens with two attached hydrogens (primary N) is 1. The summed E-state index contributed by atoms with van der Waals surface area (Å²) in [4.78, 5) is 8.94. The fraction of sp³-hybridized carbons (Fsp3) is 0.467. The number of aryl methyl sites for hydroxylation is 1. The molecular weight excluding hydrogens is 250 g/mol. The standard InChI is InChI=1S/C15H21N5/c1-11-5-4-8-14-18-13(10-20(11)14)9-17-15(16)19-12-6-2-3-7-12/h4-5,8,10,12H,2-3,6-7,9H2,1H3,(H3,16,17,19). The predicted molar refractivity (Wildman–Crippen MR) is 80.6 cm³/mol. The summed E-state index contributed by atoms with van der Waals surface area (Å²) in [5, 5.41) is 3.29. The van der Waals surface area contributed by atoms with Gasteiger partial charge in [-0.15, -0.1) is 0 Å². The van der Waals surface area contributed by atoms with Crippen LogP contribution in [0.1, 0.15) is 37.1 Å². The molecular formula is C15H21N5. The molecule has 0 amide bonds. The van der Waals surface area contributed by atoms with E-state index in [2.05, 4.69) is 32.7 Å². The minimum absolute atomic E-state index is 0.502. The molecule has 2 aromatic heterocycles. The molecule has 0 aromatic carbocycles. The maximum Gasteiger partial charge on any atom is 0.189 e. The molecule has 0 saturated heterocycles. The SMILES string of the molecule is Cc1cccc2nc(CN=C(N)NC3CCCC3)cn12. The highest BCUT2D eigenvalue weighted by molar-refractivity contribution is 5.78. The fourth-order valence-corrected chi connectivity index (χ4v) is 2.77. The average Bonchev–Trinajstić information content (AvgIpc) is 3.06. The predicted octanol–water partition coefficient (Wildman–Crippen LogP) is 1.99. The summed E-state index contributed by atoms with van der Waals surface area (Å²) >= 11 is 0. The third kappa shape index (κ3) is 2.76. The van der Waals surface area contributed by atoms with Crippen LogP contribution in [0.25, 0.3) is 5.65 Å². The first-order valence-corrected chi connectivity index (χ1v) is 7.22. The van der Waals surface area contributed by atoms with E-state index >= 15 is 0 Å². The number of rotatable bonds is 3. The van der Waals surface area contributed by atoms with E-state index in [1.807, 2.05) is 18.3 Å². The lowest BCUT2D eigenvalue weighted by atomic mass is 10.2. The van der Waals surface area contributed by atoms with Crippen LogP contribution < -0.4 is 11.1 Å². The Kier molecular flexibility index (Phi) is 3.58. The summed E-state index contributed by atoms with van der Waals surface area (Å²) in [6.07, 6.45) is 7.00. The molecule has 1 aliphatic carbocycles. The summed E-state index contributed by atoms with van der Waals surface area (Å²) < 4.78 is 2.07. The van der Waals surface area contributed by atoms with Gasteiger partial charge in [0.2, 0.25) is 0 Å². The zero-order valence-electron chi connectivity index (χ0n) is 11.8. The fourth-order valence-electron chi connectivity index (χ4n) is 2.77. The molecule has 1 saturated carbocycles. The van der Waals surface area contributed by atoms with Crippen LogP contribution in [0.2, 0.25) is 0 Å². The number of imidazole rings is 1. The van der Waals surface area contributed by atoms with Gasteiger partial charge in [-0.3, -0.25) is 0 Å². The quantitative estimate of drug-likeness (QED) is 0.662. The van der Waals surface area contributed by atoms with Crippen LogP contribution in [-0.2, 0) is 6.54 Å². The van der Waals surface area contributed by atoms with Crippen molar-refractivity contribution in [3.8, 4) is 0 Å².